The molecule has 152 valence electrons. The summed E-state index contributed by atoms with van der Waals surface area (Å²) in [6, 6.07) is 8.61. The molecular formula is C21H26O7. The van der Waals surface area contributed by atoms with E-state index >= 15 is 0 Å². The maximum absolute atomic E-state index is 10.1. The molecular weight excluding hydrogens is 364 g/mol. The Morgan fingerprint density at radius 3 is 2.18 bits per heavy atom. The first-order chi connectivity index (χ1) is 13.5. The fourth-order valence-electron chi connectivity index (χ4n) is 3.76. The van der Waals surface area contributed by atoms with Gasteiger partial charge in [0.25, 0.3) is 0 Å². The van der Waals surface area contributed by atoms with Crippen molar-refractivity contribution in [1.82, 2.24) is 0 Å². The largest absolute Gasteiger partial charge is 0.504 e. The Labute approximate surface area is 164 Å². The lowest BCUT2D eigenvalue weighted by atomic mass is 9.84. The van der Waals surface area contributed by atoms with Gasteiger partial charge in [0.15, 0.2) is 23.0 Å². The average Bonchev–Trinajstić information content (AvgIpc) is 3.11. The highest BCUT2D eigenvalue weighted by Crippen LogP contribution is 2.43. The Morgan fingerprint density at radius 1 is 0.964 bits per heavy atom. The number of ether oxygens (including phenoxy) is 4. The molecule has 1 heterocycles. The third kappa shape index (κ3) is 3.81. The zero-order valence-electron chi connectivity index (χ0n) is 16.2. The molecule has 1 aliphatic heterocycles. The van der Waals surface area contributed by atoms with Crippen molar-refractivity contribution in [1.29, 1.82) is 0 Å². The Bertz CT molecular complexity index is 795. The standard InChI is InChI=1S/C21H26O7/c1-25-17-9-13(4-5-16(17)23)21-15(10-22)14(11-28-21)6-12-7-18(26-2)20(24)19(8-12)27-3/h4-5,7-9,14-15,21-24H,6,10-11H2,1-3H3/t14-,15-,21+/m0/s1. The van der Waals surface area contributed by atoms with E-state index in [2.05, 4.69) is 0 Å². The highest BCUT2D eigenvalue weighted by Gasteiger charge is 2.38. The average molecular weight is 390 g/mol. The van der Waals surface area contributed by atoms with Gasteiger partial charge in [0.2, 0.25) is 5.75 Å². The molecule has 2 aromatic carbocycles. The van der Waals surface area contributed by atoms with E-state index in [-0.39, 0.29) is 36.0 Å². The van der Waals surface area contributed by atoms with Gasteiger partial charge in [-0.15, -0.1) is 0 Å². The summed E-state index contributed by atoms with van der Waals surface area (Å²) in [5.74, 6) is 1.01. The molecule has 3 rings (SSSR count). The molecule has 0 bridgehead atoms. The molecule has 0 unspecified atom stereocenters. The highest BCUT2D eigenvalue weighted by molar-refractivity contribution is 5.53. The van der Waals surface area contributed by atoms with E-state index in [0.717, 1.165) is 11.1 Å². The van der Waals surface area contributed by atoms with E-state index in [1.54, 1.807) is 30.3 Å². The minimum absolute atomic E-state index is 0.0368. The summed E-state index contributed by atoms with van der Waals surface area (Å²) in [6.07, 6.45) is 0.328. The van der Waals surface area contributed by atoms with Crippen LogP contribution in [0.2, 0.25) is 0 Å². The predicted molar refractivity (Wildman–Crippen MR) is 102 cm³/mol. The summed E-state index contributed by atoms with van der Waals surface area (Å²) in [5, 5.41) is 29.9. The van der Waals surface area contributed by atoms with E-state index < -0.39 is 0 Å². The van der Waals surface area contributed by atoms with E-state index in [1.165, 1.54) is 21.3 Å². The van der Waals surface area contributed by atoms with E-state index in [9.17, 15) is 15.3 Å². The highest BCUT2D eigenvalue weighted by atomic mass is 16.5. The molecule has 1 aliphatic rings. The second kappa shape index (κ2) is 8.58. The Morgan fingerprint density at radius 2 is 1.61 bits per heavy atom. The van der Waals surface area contributed by atoms with Gasteiger partial charge in [-0.2, -0.15) is 0 Å². The molecule has 0 aromatic heterocycles. The maximum atomic E-state index is 10.1. The summed E-state index contributed by atoms with van der Waals surface area (Å²) in [7, 11) is 4.47. The van der Waals surface area contributed by atoms with Crippen molar-refractivity contribution in [3.63, 3.8) is 0 Å². The smallest absolute Gasteiger partial charge is 0.200 e. The van der Waals surface area contributed by atoms with Crippen molar-refractivity contribution >= 4 is 0 Å². The van der Waals surface area contributed by atoms with Crippen molar-refractivity contribution in [3.05, 3.63) is 41.5 Å². The molecule has 7 heteroatoms. The maximum Gasteiger partial charge on any atom is 0.200 e. The summed E-state index contributed by atoms with van der Waals surface area (Å²) in [5.41, 5.74) is 1.76. The number of hydrogen-bond acceptors (Lipinski definition) is 7. The first-order valence-electron chi connectivity index (χ1n) is 9.05. The van der Waals surface area contributed by atoms with Crippen LogP contribution >= 0.6 is 0 Å². The number of phenols is 2. The van der Waals surface area contributed by atoms with Crippen LogP contribution in [0.3, 0.4) is 0 Å². The topological polar surface area (TPSA) is 97.6 Å². The van der Waals surface area contributed by atoms with E-state index in [1.807, 2.05) is 0 Å². The van der Waals surface area contributed by atoms with Crippen molar-refractivity contribution in [2.75, 3.05) is 34.5 Å². The minimum atomic E-state index is -0.301. The summed E-state index contributed by atoms with van der Waals surface area (Å²) < 4.78 is 21.6. The number of phenolic OH excluding ortho intramolecular Hbond substituents is 2. The third-order valence-corrected chi connectivity index (χ3v) is 5.26. The molecule has 0 radical (unpaired) electrons. The minimum Gasteiger partial charge on any atom is -0.504 e. The normalized spacial score (nSPS) is 21.5. The van der Waals surface area contributed by atoms with Crippen molar-refractivity contribution < 1.29 is 34.3 Å². The monoisotopic (exact) mass is 390 g/mol. The van der Waals surface area contributed by atoms with Crippen molar-refractivity contribution in [2.24, 2.45) is 11.8 Å². The molecule has 0 amide bonds. The zero-order chi connectivity index (χ0) is 20.3. The van der Waals surface area contributed by atoms with Crippen LogP contribution in [0.5, 0.6) is 28.7 Å². The van der Waals surface area contributed by atoms with E-state index in [0.29, 0.717) is 30.3 Å². The predicted octanol–water partition coefficient (Wildman–Crippen LogP) is 2.66. The van der Waals surface area contributed by atoms with Gasteiger partial charge in [-0.3, -0.25) is 0 Å². The molecule has 3 N–H and O–H groups in total. The molecule has 3 atom stereocenters. The summed E-state index contributed by atoms with van der Waals surface area (Å²) in [6.45, 7) is 0.440. The van der Waals surface area contributed by atoms with Crippen molar-refractivity contribution in [2.45, 2.75) is 12.5 Å². The Kier molecular flexibility index (Phi) is 6.16. The van der Waals surface area contributed by atoms with Crippen LogP contribution in [0.15, 0.2) is 30.3 Å². The lowest BCUT2D eigenvalue weighted by Crippen LogP contribution is -2.21. The molecule has 28 heavy (non-hydrogen) atoms. The quantitative estimate of drug-likeness (QED) is 0.669. The molecule has 7 nitrogen and oxygen atoms in total. The molecule has 1 saturated heterocycles. The van der Waals surface area contributed by atoms with Crippen LogP contribution in [-0.4, -0.2) is 49.9 Å². The lowest BCUT2D eigenvalue weighted by Gasteiger charge is -2.22. The fourth-order valence-corrected chi connectivity index (χ4v) is 3.76. The molecule has 0 aliphatic carbocycles. The molecule has 2 aromatic rings. The Balaban J connectivity index is 1.83. The van der Waals surface area contributed by atoms with Crippen LogP contribution in [0.1, 0.15) is 17.2 Å². The van der Waals surface area contributed by atoms with Gasteiger partial charge in [-0.1, -0.05) is 6.07 Å². The third-order valence-electron chi connectivity index (χ3n) is 5.26. The number of rotatable bonds is 7. The number of hydrogen-bond donors (Lipinski definition) is 3. The number of aliphatic hydroxyl groups is 1. The lowest BCUT2D eigenvalue weighted by molar-refractivity contribution is 0.0717. The van der Waals surface area contributed by atoms with Gasteiger partial charge in [0.1, 0.15) is 0 Å². The number of benzene rings is 2. The van der Waals surface area contributed by atoms with Crippen LogP contribution in [0, 0.1) is 11.8 Å². The van der Waals surface area contributed by atoms with Gasteiger partial charge in [0, 0.05) is 12.5 Å². The second-order valence-electron chi connectivity index (χ2n) is 6.84. The number of aliphatic hydroxyl groups excluding tert-OH is 1. The van der Waals surface area contributed by atoms with Crippen molar-refractivity contribution in [3.8, 4) is 28.7 Å². The molecule has 0 saturated carbocycles. The van der Waals surface area contributed by atoms with Crippen LogP contribution in [0.25, 0.3) is 0 Å². The van der Waals surface area contributed by atoms with E-state index in [4.69, 9.17) is 18.9 Å². The van der Waals surface area contributed by atoms with Crippen LogP contribution < -0.4 is 14.2 Å². The van der Waals surface area contributed by atoms with Gasteiger partial charge in [-0.25, -0.2) is 0 Å². The number of aromatic hydroxyl groups is 2. The zero-order valence-corrected chi connectivity index (χ0v) is 16.2. The molecule has 0 spiro atoms. The summed E-state index contributed by atoms with van der Waals surface area (Å²) >= 11 is 0. The first kappa shape index (κ1) is 20.1. The summed E-state index contributed by atoms with van der Waals surface area (Å²) in [4.78, 5) is 0. The first-order valence-corrected chi connectivity index (χ1v) is 9.05. The number of methoxy groups -OCH3 is 3. The van der Waals surface area contributed by atoms with Gasteiger partial charge in [-0.05, 0) is 47.7 Å². The second-order valence-corrected chi connectivity index (χ2v) is 6.84. The Hall–Kier alpha value is -2.64. The fraction of sp³-hybridized carbons (Fsp3) is 0.429. The van der Waals surface area contributed by atoms with Gasteiger partial charge < -0.3 is 34.3 Å². The van der Waals surface area contributed by atoms with Crippen LogP contribution in [-0.2, 0) is 11.2 Å². The molecule has 1 fully saturated rings. The SMILES string of the molecule is COc1cc([C@H]2OC[C@H](Cc3cc(OC)c(O)c(OC)c3)[C@@H]2CO)ccc1O. The van der Waals surface area contributed by atoms with Crippen LogP contribution in [0.4, 0.5) is 0 Å². The van der Waals surface area contributed by atoms with Gasteiger partial charge >= 0.3 is 0 Å². The van der Waals surface area contributed by atoms with Gasteiger partial charge in [0.05, 0.1) is 34.0 Å².